The van der Waals surface area contributed by atoms with Crippen molar-refractivity contribution in [3.8, 4) is 11.3 Å². The first kappa shape index (κ1) is 9.21. The standard InChI is InChI=1S/C11H9BrN2/c12-10-9(13)6-7-14-11(10)8-4-2-1-3-5-8/h1-7H,(H2,13,14). The Bertz CT molecular complexity index is 440. The van der Waals surface area contributed by atoms with E-state index in [1.165, 1.54) is 0 Å². The molecule has 0 aliphatic carbocycles. The minimum absolute atomic E-state index is 0.707. The minimum Gasteiger partial charge on any atom is -0.398 e. The van der Waals surface area contributed by atoms with Crippen LogP contribution in [0.15, 0.2) is 47.1 Å². The molecule has 70 valence electrons. The van der Waals surface area contributed by atoms with Crippen LogP contribution in [0.25, 0.3) is 11.3 Å². The maximum atomic E-state index is 5.77. The Balaban J connectivity index is 2.58. The number of hydrogen-bond acceptors (Lipinski definition) is 2. The number of benzene rings is 1. The van der Waals surface area contributed by atoms with Crippen molar-refractivity contribution in [3.63, 3.8) is 0 Å². The number of anilines is 1. The molecule has 0 aliphatic rings. The van der Waals surface area contributed by atoms with Crippen molar-refractivity contribution < 1.29 is 0 Å². The topological polar surface area (TPSA) is 38.9 Å². The summed E-state index contributed by atoms with van der Waals surface area (Å²) in [7, 11) is 0. The van der Waals surface area contributed by atoms with Gasteiger partial charge in [0.15, 0.2) is 0 Å². The predicted molar refractivity (Wildman–Crippen MR) is 61.8 cm³/mol. The van der Waals surface area contributed by atoms with Gasteiger partial charge in [-0.2, -0.15) is 0 Å². The largest absolute Gasteiger partial charge is 0.398 e. The van der Waals surface area contributed by atoms with Crippen LogP contribution in [0.4, 0.5) is 5.69 Å². The summed E-state index contributed by atoms with van der Waals surface area (Å²) in [5, 5.41) is 0. The quantitative estimate of drug-likeness (QED) is 0.843. The zero-order chi connectivity index (χ0) is 9.97. The third-order valence-corrected chi connectivity index (χ3v) is 2.80. The van der Waals surface area contributed by atoms with Crippen molar-refractivity contribution in [2.24, 2.45) is 0 Å². The average Bonchev–Trinajstić information content (AvgIpc) is 2.23. The Morgan fingerprint density at radius 3 is 2.50 bits per heavy atom. The maximum Gasteiger partial charge on any atom is 0.0864 e. The second kappa shape index (κ2) is 3.80. The number of halogens is 1. The molecule has 0 saturated carbocycles. The molecular formula is C11H9BrN2. The lowest BCUT2D eigenvalue weighted by Crippen LogP contribution is -1.91. The predicted octanol–water partition coefficient (Wildman–Crippen LogP) is 3.09. The first-order valence-electron chi connectivity index (χ1n) is 4.24. The normalized spacial score (nSPS) is 10.1. The summed E-state index contributed by atoms with van der Waals surface area (Å²) < 4.78 is 0.853. The summed E-state index contributed by atoms with van der Waals surface area (Å²) in [6.45, 7) is 0. The highest BCUT2D eigenvalue weighted by Crippen LogP contribution is 2.29. The van der Waals surface area contributed by atoms with Crippen LogP contribution in [-0.2, 0) is 0 Å². The number of pyridine rings is 1. The minimum atomic E-state index is 0.707. The van der Waals surface area contributed by atoms with E-state index >= 15 is 0 Å². The highest BCUT2D eigenvalue weighted by atomic mass is 79.9. The van der Waals surface area contributed by atoms with Gasteiger partial charge in [0.25, 0.3) is 0 Å². The maximum absolute atomic E-state index is 5.77. The number of nitrogen functional groups attached to an aromatic ring is 1. The van der Waals surface area contributed by atoms with Crippen molar-refractivity contribution in [3.05, 3.63) is 47.1 Å². The van der Waals surface area contributed by atoms with E-state index in [-0.39, 0.29) is 0 Å². The summed E-state index contributed by atoms with van der Waals surface area (Å²) >= 11 is 3.43. The van der Waals surface area contributed by atoms with E-state index in [0.29, 0.717) is 5.69 Å². The monoisotopic (exact) mass is 248 g/mol. The Kier molecular flexibility index (Phi) is 2.50. The van der Waals surface area contributed by atoms with E-state index < -0.39 is 0 Å². The molecule has 0 radical (unpaired) electrons. The van der Waals surface area contributed by atoms with E-state index in [4.69, 9.17) is 5.73 Å². The zero-order valence-corrected chi connectivity index (χ0v) is 9.03. The molecule has 0 fully saturated rings. The zero-order valence-electron chi connectivity index (χ0n) is 7.44. The van der Waals surface area contributed by atoms with Gasteiger partial charge in [-0.05, 0) is 22.0 Å². The highest BCUT2D eigenvalue weighted by Gasteiger charge is 2.05. The van der Waals surface area contributed by atoms with Crippen LogP contribution < -0.4 is 5.73 Å². The Labute approximate surface area is 90.9 Å². The lowest BCUT2D eigenvalue weighted by molar-refractivity contribution is 1.31. The molecule has 14 heavy (non-hydrogen) atoms. The second-order valence-electron chi connectivity index (χ2n) is 2.93. The molecule has 3 heteroatoms. The molecule has 0 amide bonds. The van der Waals surface area contributed by atoms with Gasteiger partial charge in [-0.25, -0.2) is 0 Å². The fourth-order valence-corrected chi connectivity index (χ4v) is 1.72. The van der Waals surface area contributed by atoms with E-state index in [1.807, 2.05) is 30.3 Å². The van der Waals surface area contributed by atoms with Crippen LogP contribution in [0, 0.1) is 0 Å². The van der Waals surface area contributed by atoms with Gasteiger partial charge >= 0.3 is 0 Å². The highest BCUT2D eigenvalue weighted by molar-refractivity contribution is 9.10. The summed E-state index contributed by atoms with van der Waals surface area (Å²) in [6.07, 6.45) is 1.71. The first-order valence-corrected chi connectivity index (χ1v) is 5.04. The van der Waals surface area contributed by atoms with Crippen LogP contribution in [0.2, 0.25) is 0 Å². The molecule has 2 rings (SSSR count). The van der Waals surface area contributed by atoms with Crippen molar-refractivity contribution in [1.82, 2.24) is 4.98 Å². The Hall–Kier alpha value is -1.35. The van der Waals surface area contributed by atoms with Crippen LogP contribution in [0.5, 0.6) is 0 Å². The second-order valence-corrected chi connectivity index (χ2v) is 3.72. The van der Waals surface area contributed by atoms with Crippen LogP contribution in [0.3, 0.4) is 0 Å². The lowest BCUT2D eigenvalue weighted by atomic mass is 10.1. The van der Waals surface area contributed by atoms with Crippen molar-refractivity contribution in [2.75, 3.05) is 5.73 Å². The van der Waals surface area contributed by atoms with Gasteiger partial charge in [-0.15, -0.1) is 0 Å². The van der Waals surface area contributed by atoms with Crippen molar-refractivity contribution in [1.29, 1.82) is 0 Å². The SMILES string of the molecule is Nc1ccnc(-c2ccccc2)c1Br. The number of aromatic nitrogens is 1. The summed E-state index contributed by atoms with van der Waals surface area (Å²) in [5.41, 5.74) is 8.42. The molecular weight excluding hydrogens is 240 g/mol. The third-order valence-electron chi connectivity index (χ3n) is 1.97. The molecule has 0 aliphatic heterocycles. The number of nitrogens with two attached hydrogens (primary N) is 1. The smallest absolute Gasteiger partial charge is 0.0864 e. The van der Waals surface area contributed by atoms with E-state index in [9.17, 15) is 0 Å². The van der Waals surface area contributed by atoms with Gasteiger partial charge < -0.3 is 5.73 Å². The molecule has 1 aromatic heterocycles. The van der Waals surface area contributed by atoms with Crippen LogP contribution in [0.1, 0.15) is 0 Å². The average molecular weight is 249 g/mol. The lowest BCUT2D eigenvalue weighted by Gasteiger charge is -2.05. The summed E-state index contributed by atoms with van der Waals surface area (Å²) in [4.78, 5) is 4.28. The third kappa shape index (κ3) is 1.63. The number of nitrogens with zero attached hydrogens (tertiary/aromatic N) is 1. The van der Waals surface area contributed by atoms with E-state index in [0.717, 1.165) is 15.7 Å². The molecule has 0 unspecified atom stereocenters. The van der Waals surface area contributed by atoms with Gasteiger partial charge in [0.05, 0.1) is 10.2 Å². The molecule has 2 N–H and O–H groups in total. The molecule has 0 bridgehead atoms. The van der Waals surface area contributed by atoms with Gasteiger partial charge in [0.2, 0.25) is 0 Å². The van der Waals surface area contributed by atoms with Crippen LogP contribution in [-0.4, -0.2) is 4.98 Å². The molecule has 0 spiro atoms. The molecule has 1 heterocycles. The van der Waals surface area contributed by atoms with Crippen LogP contribution >= 0.6 is 15.9 Å². The van der Waals surface area contributed by atoms with E-state index in [2.05, 4.69) is 20.9 Å². The molecule has 2 aromatic rings. The number of rotatable bonds is 1. The van der Waals surface area contributed by atoms with Gasteiger partial charge in [0.1, 0.15) is 0 Å². The molecule has 0 atom stereocenters. The molecule has 1 aromatic carbocycles. The van der Waals surface area contributed by atoms with Gasteiger partial charge in [-0.3, -0.25) is 4.98 Å². The van der Waals surface area contributed by atoms with Gasteiger partial charge in [-0.1, -0.05) is 30.3 Å². The summed E-state index contributed by atoms with van der Waals surface area (Å²) in [5.74, 6) is 0. The van der Waals surface area contributed by atoms with E-state index in [1.54, 1.807) is 12.3 Å². The Morgan fingerprint density at radius 1 is 1.07 bits per heavy atom. The number of hydrogen-bond donors (Lipinski definition) is 1. The first-order chi connectivity index (χ1) is 6.79. The molecule has 2 nitrogen and oxygen atoms in total. The fraction of sp³-hybridized carbons (Fsp3) is 0. The molecule has 0 saturated heterocycles. The Morgan fingerprint density at radius 2 is 1.79 bits per heavy atom. The summed E-state index contributed by atoms with van der Waals surface area (Å²) in [6, 6.07) is 11.7. The fourth-order valence-electron chi connectivity index (χ4n) is 1.26. The van der Waals surface area contributed by atoms with Crippen molar-refractivity contribution in [2.45, 2.75) is 0 Å². The van der Waals surface area contributed by atoms with Crippen molar-refractivity contribution >= 4 is 21.6 Å². The van der Waals surface area contributed by atoms with Gasteiger partial charge in [0, 0.05) is 17.4 Å².